The summed E-state index contributed by atoms with van der Waals surface area (Å²) in [6, 6.07) is 5.40. The summed E-state index contributed by atoms with van der Waals surface area (Å²) in [5, 5.41) is 6.02. The van der Waals surface area contributed by atoms with E-state index in [1.54, 1.807) is 12.1 Å². The van der Waals surface area contributed by atoms with E-state index in [-0.39, 0.29) is 17.7 Å². The summed E-state index contributed by atoms with van der Waals surface area (Å²) >= 11 is 0. The van der Waals surface area contributed by atoms with Gasteiger partial charge in [0.2, 0.25) is 5.91 Å². The fourth-order valence-electron chi connectivity index (χ4n) is 1.79. The molecule has 1 heterocycles. The van der Waals surface area contributed by atoms with Gasteiger partial charge in [-0.05, 0) is 32.0 Å². The number of carbonyl (C=O) groups excluding carboxylic acids is 2. The number of fused-ring (bicyclic) bond motifs is 1. The molecule has 4 nitrogen and oxygen atoms in total. The van der Waals surface area contributed by atoms with Crippen LogP contribution < -0.4 is 10.6 Å². The third-order valence-corrected chi connectivity index (χ3v) is 2.59. The number of nitrogens with one attached hydrogen (secondary N) is 2. The highest BCUT2D eigenvalue weighted by Gasteiger charge is 2.17. The van der Waals surface area contributed by atoms with Crippen molar-refractivity contribution in [1.82, 2.24) is 0 Å². The van der Waals surface area contributed by atoms with Crippen molar-refractivity contribution < 1.29 is 9.59 Å². The molecule has 4 heteroatoms. The lowest BCUT2D eigenvalue weighted by atomic mass is 10.1. The van der Waals surface area contributed by atoms with Gasteiger partial charge in [-0.3, -0.25) is 9.59 Å². The van der Waals surface area contributed by atoms with Crippen LogP contribution in [0.4, 0.5) is 11.4 Å². The van der Waals surface area contributed by atoms with Gasteiger partial charge < -0.3 is 10.6 Å². The van der Waals surface area contributed by atoms with Crippen LogP contribution in [-0.4, -0.2) is 17.7 Å². The highest BCUT2D eigenvalue weighted by atomic mass is 16.1. The van der Waals surface area contributed by atoms with Crippen LogP contribution in [0.25, 0.3) is 0 Å². The number of benzene rings is 1. The first kappa shape index (κ1) is 10.7. The van der Waals surface area contributed by atoms with Crippen molar-refractivity contribution in [1.29, 1.82) is 0 Å². The van der Waals surface area contributed by atoms with Gasteiger partial charge in [0.25, 0.3) is 0 Å². The van der Waals surface area contributed by atoms with E-state index in [2.05, 4.69) is 10.6 Å². The fraction of sp³-hybridized carbons (Fsp3) is 0.333. The molecule has 1 unspecified atom stereocenters. The third kappa shape index (κ3) is 2.05. The molecular weight excluding hydrogens is 204 g/mol. The normalized spacial score (nSPS) is 19.1. The molecule has 0 aromatic heterocycles. The molecule has 1 amide bonds. The SMILES string of the molecule is CC(=O)c1ccc2c(c1)NC(=O)CC(C)N2. The van der Waals surface area contributed by atoms with Crippen LogP contribution in [0.5, 0.6) is 0 Å². The summed E-state index contributed by atoms with van der Waals surface area (Å²) < 4.78 is 0. The van der Waals surface area contributed by atoms with E-state index >= 15 is 0 Å². The summed E-state index contributed by atoms with van der Waals surface area (Å²) in [5.74, 6) is -0.0335. The monoisotopic (exact) mass is 218 g/mol. The Hall–Kier alpha value is -1.84. The quantitative estimate of drug-likeness (QED) is 0.709. The van der Waals surface area contributed by atoms with Crippen molar-refractivity contribution in [2.75, 3.05) is 10.6 Å². The minimum atomic E-state index is -0.0283. The minimum absolute atomic E-state index is 0.00524. The Bertz CT molecular complexity index is 454. The molecule has 1 aromatic carbocycles. The Balaban J connectivity index is 2.42. The number of hydrogen-bond acceptors (Lipinski definition) is 3. The fourth-order valence-corrected chi connectivity index (χ4v) is 1.79. The van der Waals surface area contributed by atoms with E-state index < -0.39 is 0 Å². The van der Waals surface area contributed by atoms with E-state index in [9.17, 15) is 9.59 Å². The molecule has 0 fully saturated rings. The number of ketones is 1. The number of anilines is 2. The van der Waals surface area contributed by atoms with E-state index in [4.69, 9.17) is 0 Å². The lowest BCUT2D eigenvalue weighted by Gasteiger charge is -2.11. The summed E-state index contributed by atoms with van der Waals surface area (Å²) in [6.45, 7) is 3.46. The summed E-state index contributed by atoms with van der Waals surface area (Å²) in [6.07, 6.45) is 0.435. The van der Waals surface area contributed by atoms with Crippen molar-refractivity contribution in [3.05, 3.63) is 23.8 Å². The molecule has 0 radical (unpaired) electrons. The van der Waals surface area contributed by atoms with Gasteiger partial charge in [-0.1, -0.05) is 0 Å². The summed E-state index contributed by atoms with van der Waals surface area (Å²) in [5.41, 5.74) is 2.15. The van der Waals surface area contributed by atoms with Crippen LogP contribution in [-0.2, 0) is 4.79 Å². The predicted molar refractivity (Wildman–Crippen MR) is 62.8 cm³/mol. The minimum Gasteiger partial charge on any atom is -0.380 e. The van der Waals surface area contributed by atoms with Gasteiger partial charge in [-0.25, -0.2) is 0 Å². The highest BCUT2D eigenvalue weighted by molar-refractivity contribution is 6.00. The zero-order valence-corrected chi connectivity index (χ0v) is 9.33. The second-order valence-electron chi connectivity index (χ2n) is 4.11. The maximum atomic E-state index is 11.5. The Morgan fingerprint density at radius 3 is 2.81 bits per heavy atom. The molecule has 0 saturated carbocycles. The molecule has 1 aliphatic heterocycles. The molecular formula is C12H14N2O2. The van der Waals surface area contributed by atoms with Gasteiger partial charge in [0.1, 0.15) is 0 Å². The van der Waals surface area contributed by atoms with Crippen molar-refractivity contribution in [3.63, 3.8) is 0 Å². The third-order valence-electron chi connectivity index (χ3n) is 2.59. The largest absolute Gasteiger partial charge is 0.380 e. The molecule has 1 aliphatic rings. The van der Waals surface area contributed by atoms with Crippen LogP contribution in [0.3, 0.4) is 0 Å². The lowest BCUT2D eigenvalue weighted by molar-refractivity contribution is -0.116. The second-order valence-corrected chi connectivity index (χ2v) is 4.11. The predicted octanol–water partition coefficient (Wildman–Crippen LogP) is 2.03. The molecule has 16 heavy (non-hydrogen) atoms. The first-order chi connectivity index (χ1) is 7.56. The molecule has 0 aliphatic carbocycles. The van der Waals surface area contributed by atoms with Crippen LogP contribution in [0, 0.1) is 0 Å². The summed E-state index contributed by atoms with van der Waals surface area (Å²) in [4.78, 5) is 22.7. The maximum Gasteiger partial charge on any atom is 0.226 e. The smallest absolute Gasteiger partial charge is 0.226 e. The number of hydrogen-bond donors (Lipinski definition) is 2. The van der Waals surface area contributed by atoms with Gasteiger partial charge in [0.15, 0.2) is 5.78 Å². The van der Waals surface area contributed by atoms with Gasteiger partial charge in [-0.15, -0.1) is 0 Å². The Morgan fingerprint density at radius 2 is 2.12 bits per heavy atom. The molecule has 2 rings (SSSR count). The number of rotatable bonds is 1. The Kier molecular flexibility index (Phi) is 2.64. The van der Waals surface area contributed by atoms with E-state index in [1.807, 2.05) is 13.0 Å². The number of carbonyl (C=O) groups is 2. The van der Waals surface area contributed by atoms with Crippen LogP contribution >= 0.6 is 0 Å². The topological polar surface area (TPSA) is 58.2 Å². The second kappa shape index (κ2) is 3.96. The maximum absolute atomic E-state index is 11.5. The summed E-state index contributed by atoms with van der Waals surface area (Å²) in [7, 11) is 0. The molecule has 2 N–H and O–H groups in total. The first-order valence-electron chi connectivity index (χ1n) is 5.27. The standard InChI is InChI=1S/C12H14N2O2/c1-7-5-12(16)14-11-6-9(8(2)15)3-4-10(11)13-7/h3-4,6-7,13H,5H2,1-2H3,(H,14,16). The van der Waals surface area contributed by atoms with Crippen molar-refractivity contribution in [2.45, 2.75) is 26.3 Å². The highest BCUT2D eigenvalue weighted by Crippen LogP contribution is 2.27. The van der Waals surface area contributed by atoms with Crippen molar-refractivity contribution >= 4 is 23.1 Å². The van der Waals surface area contributed by atoms with Crippen LogP contribution in [0.15, 0.2) is 18.2 Å². The van der Waals surface area contributed by atoms with E-state index in [0.29, 0.717) is 17.7 Å². The lowest BCUT2D eigenvalue weighted by Crippen LogP contribution is -2.18. The van der Waals surface area contributed by atoms with E-state index in [1.165, 1.54) is 6.92 Å². The molecule has 84 valence electrons. The Morgan fingerprint density at radius 1 is 1.38 bits per heavy atom. The molecule has 0 bridgehead atoms. The molecule has 1 atom stereocenters. The average Bonchev–Trinajstić information content (AvgIpc) is 2.32. The Labute approximate surface area is 94.0 Å². The van der Waals surface area contributed by atoms with Crippen LogP contribution in [0.2, 0.25) is 0 Å². The zero-order chi connectivity index (χ0) is 11.7. The van der Waals surface area contributed by atoms with Gasteiger partial charge in [0.05, 0.1) is 11.4 Å². The van der Waals surface area contributed by atoms with Crippen molar-refractivity contribution in [2.24, 2.45) is 0 Å². The van der Waals surface area contributed by atoms with Crippen LogP contribution in [0.1, 0.15) is 30.6 Å². The van der Waals surface area contributed by atoms with Gasteiger partial charge >= 0.3 is 0 Å². The molecule has 1 aromatic rings. The molecule has 0 spiro atoms. The van der Waals surface area contributed by atoms with Gasteiger partial charge in [0, 0.05) is 18.0 Å². The molecule has 0 saturated heterocycles. The first-order valence-corrected chi connectivity index (χ1v) is 5.27. The van der Waals surface area contributed by atoms with E-state index in [0.717, 1.165) is 5.69 Å². The number of Topliss-reactive ketones (excluding diaryl/α,β-unsaturated/α-hetero) is 1. The zero-order valence-electron chi connectivity index (χ0n) is 9.33. The number of amides is 1. The van der Waals surface area contributed by atoms with Crippen molar-refractivity contribution in [3.8, 4) is 0 Å². The van der Waals surface area contributed by atoms with Gasteiger partial charge in [-0.2, -0.15) is 0 Å². The average molecular weight is 218 g/mol.